The van der Waals surface area contributed by atoms with Crippen LogP contribution in [0.1, 0.15) is 13.8 Å². The maximum Gasteiger partial charge on any atom is 0.184 e. The summed E-state index contributed by atoms with van der Waals surface area (Å²) in [6, 6.07) is 0. The van der Waals surface area contributed by atoms with Crippen LogP contribution >= 0.6 is 0 Å². The van der Waals surface area contributed by atoms with Crippen molar-refractivity contribution in [2.24, 2.45) is 0 Å². The van der Waals surface area contributed by atoms with E-state index in [4.69, 9.17) is 10.4 Å². The minimum Gasteiger partial charge on any atom is -0.441 e. The second kappa shape index (κ2) is 3.61. The van der Waals surface area contributed by atoms with E-state index in [1.165, 1.54) is 0 Å². The Morgan fingerprint density at radius 3 is 2.22 bits per heavy atom. The van der Waals surface area contributed by atoms with Gasteiger partial charge in [0.25, 0.3) is 0 Å². The summed E-state index contributed by atoms with van der Waals surface area (Å²) in [6.45, 7) is 6.89. The standard InChI is InChI=1S/C6H12O3/c1-4(2)6(9-8)5(3)7/h5-8H,1H2,2-3H3/p+1/t5-,6+/m0/s1. The predicted molar refractivity (Wildman–Crippen MR) is 35.4 cm³/mol. The van der Waals surface area contributed by atoms with Crippen LogP contribution in [0.15, 0.2) is 12.2 Å². The highest BCUT2D eigenvalue weighted by molar-refractivity contribution is 4.99. The summed E-state index contributed by atoms with van der Waals surface area (Å²) in [6.07, 6.45) is -1.02. The van der Waals surface area contributed by atoms with Crippen LogP contribution < -0.4 is 0 Å². The van der Waals surface area contributed by atoms with Crippen molar-refractivity contribution in [2.75, 3.05) is 0 Å². The second-order valence-electron chi connectivity index (χ2n) is 2.16. The Hall–Kier alpha value is -0.380. The third-order valence-corrected chi connectivity index (χ3v) is 1.05. The van der Waals surface area contributed by atoms with Gasteiger partial charge in [-0.2, -0.15) is 0 Å². The maximum absolute atomic E-state index is 8.19. The molecule has 0 aromatic carbocycles. The molecule has 0 rings (SSSR count). The molecule has 9 heavy (non-hydrogen) atoms. The molecule has 0 radical (unpaired) electrons. The fourth-order valence-corrected chi connectivity index (χ4v) is 0.608. The van der Waals surface area contributed by atoms with Crippen molar-refractivity contribution < 1.29 is 15.3 Å². The molecule has 0 spiro atoms. The minimum atomic E-state index is -0.551. The number of hydrogen-bond donors (Lipinski definition) is 1. The molecular weight excluding hydrogens is 120 g/mol. The van der Waals surface area contributed by atoms with Crippen molar-refractivity contribution in [3.63, 3.8) is 0 Å². The van der Waals surface area contributed by atoms with Gasteiger partial charge < -0.3 is 5.11 Å². The quantitative estimate of drug-likeness (QED) is 0.264. The summed E-state index contributed by atoms with van der Waals surface area (Å²) in [5.74, 6) is 0. The Kier molecular flexibility index (Phi) is 3.46. The molecule has 0 unspecified atom stereocenters. The molecule has 54 valence electrons. The molecule has 0 aliphatic rings. The lowest BCUT2D eigenvalue weighted by Crippen LogP contribution is -2.25. The second-order valence-corrected chi connectivity index (χ2v) is 2.16. The van der Waals surface area contributed by atoms with Crippen LogP contribution in [0.3, 0.4) is 0 Å². The largest absolute Gasteiger partial charge is 0.441 e. The third kappa shape index (κ3) is 2.60. The van der Waals surface area contributed by atoms with Gasteiger partial charge in [0.05, 0.1) is 0 Å². The SMILES string of the molecule is C=C(C)[C@@H](OO)[C@H](C)[OH2+]. The molecule has 0 aromatic rings. The zero-order chi connectivity index (χ0) is 7.44. The van der Waals surface area contributed by atoms with Crippen molar-refractivity contribution in [3.05, 3.63) is 12.2 Å². The van der Waals surface area contributed by atoms with Crippen LogP contribution in [0, 0.1) is 0 Å². The summed E-state index contributed by atoms with van der Waals surface area (Å²) in [7, 11) is 0. The zero-order valence-corrected chi connectivity index (χ0v) is 5.72. The topological polar surface area (TPSA) is 52.4 Å². The van der Waals surface area contributed by atoms with E-state index >= 15 is 0 Å². The monoisotopic (exact) mass is 133 g/mol. The van der Waals surface area contributed by atoms with Crippen LogP contribution in [-0.2, 0) is 4.89 Å². The molecule has 0 aliphatic heterocycles. The van der Waals surface area contributed by atoms with E-state index in [2.05, 4.69) is 11.5 Å². The van der Waals surface area contributed by atoms with Gasteiger partial charge in [-0.05, 0) is 12.5 Å². The molecule has 0 amide bonds. The Labute approximate surface area is 54.5 Å². The average Bonchev–Trinajstić information content (AvgIpc) is 1.64. The van der Waals surface area contributed by atoms with E-state index in [0.29, 0.717) is 5.57 Å². The number of hydrogen-bond acceptors (Lipinski definition) is 2. The van der Waals surface area contributed by atoms with E-state index in [1.54, 1.807) is 13.8 Å². The molecule has 0 saturated heterocycles. The molecule has 3 heteroatoms. The molecule has 3 nitrogen and oxygen atoms in total. The zero-order valence-electron chi connectivity index (χ0n) is 5.72. The normalized spacial score (nSPS) is 16.9. The molecular formula is C6H13O3+. The van der Waals surface area contributed by atoms with E-state index in [1.807, 2.05) is 0 Å². The van der Waals surface area contributed by atoms with E-state index < -0.39 is 12.2 Å². The molecule has 0 fully saturated rings. The van der Waals surface area contributed by atoms with Gasteiger partial charge in [-0.15, -0.1) is 0 Å². The summed E-state index contributed by atoms with van der Waals surface area (Å²) >= 11 is 0. The van der Waals surface area contributed by atoms with Crippen molar-refractivity contribution in [1.29, 1.82) is 0 Å². The summed E-state index contributed by atoms with van der Waals surface area (Å²) in [4.78, 5) is 3.99. The first-order valence-corrected chi connectivity index (χ1v) is 2.76. The molecule has 0 bridgehead atoms. The Balaban J connectivity index is 3.83. The first-order valence-electron chi connectivity index (χ1n) is 2.76. The molecule has 0 saturated carbocycles. The van der Waals surface area contributed by atoms with Crippen molar-refractivity contribution in [1.82, 2.24) is 0 Å². The van der Waals surface area contributed by atoms with Crippen LogP contribution in [0.4, 0.5) is 0 Å². The van der Waals surface area contributed by atoms with Crippen molar-refractivity contribution >= 4 is 0 Å². The van der Waals surface area contributed by atoms with Gasteiger partial charge in [-0.1, -0.05) is 6.58 Å². The molecule has 2 atom stereocenters. The summed E-state index contributed by atoms with van der Waals surface area (Å²) in [5, 5.41) is 15.3. The van der Waals surface area contributed by atoms with Gasteiger partial charge in [0.1, 0.15) is 0 Å². The lowest BCUT2D eigenvalue weighted by Gasteiger charge is -2.11. The first kappa shape index (κ1) is 8.62. The van der Waals surface area contributed by atoms with Crippen LogP contribution in [0.5, 0.6) is 0 Å². The Morgan fingerprint density at radius 1 is 1.78 bits per heavy atom. The Morgan fingerprint density at radius 2 is 2.22 bits per heavy atom. The smallest absolute Gasteiger partial charge is 0.184 e. The first-order chi connectivity index (χ1) is 4.09. The van der Waals surface area contributed by atoms with Gasteiger partial charge in [-0.25, -0.2) is 4.89 Å². The minimum absolute atomic E-state index is 0.465. The van der Waals surface area contributed by atoms with Gasteiger partial charge in [0.15, 0.2) is 12.2 Å². The van der Waals surface area contributed by atoms with Crippen molar-refractivity contribution in [3.8, 4) is 0 Å². The molecule has 0 heterocycles. The van der Waals surface area contributed by atoms with Gasteiger partial charge >= 0.3 is 0 Å². The van der Waals surface area contributed by atoms with Gasteiger partial charge in [0, 0.05) is 6.92 Å². The lowest BCUT2D eigenvalue weighted by molar-refractivity contribution is -0.284. The number of rotatable bonds is 3. The van der Waals surface area contributed by atoms with Gasteiger partial charge in [0.2, 0.25) is 0 Å². The Bertz CT molecular complexity index is 98.5. The van der Waals surface area contributed by atoms with Gasteiger partial charge in [-0.3, -0.25) is 5.26 Å². The summed E-state index contributed by atoms with van der Waals surface area (Å²) in [5.41, 5.74) is 0.667. The molecule has 0 aliphatic carbocycles. The fraction of sp³-hybridized carbons (Fsp3) is 0.667. The van der Waals surface area contributed by atoms with E-state index in [0.717, 1.165) is 0 Å². The van der Waals surface area contributed by atoms with Crippen LogP contribution in [0.25, 0.3) is 0 Å². The fourth-order valence-electron chi connectivity index (χ4n) is 0.608. The van der Waals surface area contributed by atoms with E-state index in [-0.39, 0.29) is 0 Å². The molecule has 3 N–H and O–H groups in total. The summed E-state index contributed by atoms with van der Waals surface area (Å²) < 4.78 is 0. The highest BCUT2D eigenvalue weighted by Gasteiger charge is 2.19. The predicted octanol–water partition coefficient (Wildman–Crippen LogP) is 0.534. The van der Waals surface area contributed by atoms with E-state index in [9.17, 15) is 0 Å². The van der Waals surface area contributed by atoms with Crippen molar-refractivity contribution in [2.45, 2.75) is 26.1 Å². The lowest BCUT2D eigenvalue weighted by atomic mass is 10.1. The highest BCUT2D eigenvalue weighted by atomic mass is 17.1. The van der Waals surface area contributed by atoms with Crippen LogP contribution in [0.2, 0.25) is 0 Å². The molecule has 0 aromatic heterocycles. The average molecular weight is 133 g/mol. The maximum atomic E-state index is 8.19. The highest BCUT2D eigenvalue weighted by Crippen LogP contribution is 2.06. The van der Waals surface area contributed by atoms with Crippen LogP contribution in [-0.4, -0.2) is 22.6 Å². The third-order valence-electron chi connectivity index (χ3n) is 1.05.